The van der Waals surface area contributed by atoms with Crippen LogP contribution in [0.4, 0.5) is 5.69 Å². The van der Waals surface area contributed by atoms with Gasteiger partial charge < -0.3 is 5.73 Å². The Labute approximate surface area is 133 Å². The molecule has 1 rings (SSSR count). The molecule has 0 bridgehead atoms. The van der Waals surface area contributed by atoms with Gasteiger partial charge in [-0.05, 0) is 12.1 Å². The molecule has 0 saturated carbocycles. The van der Waals surface area contributed by atoms with Crippen molar-refractivity contribution in [3.05, 3.63) is 22.2 Å². The third-order valence-corrected chi connectivity index (χ3v) is 6.09. The smallest absolute Gasteiger partial charge is 0.266 e. The summed E-state index contributed by atoms with van der Waals surface area (Å²) < 4.78 is 56.0. The summed E-state index contributed by atoms with van der Waals surface area (Å²) >= 11 is 11.7. The summed E-state index contributed by atoms with van der Waals surface area (Å²) in [5, 5.41) is -0.106. The van der Waals surface area contributed by atoms with Crippen LogP contribution in [0.3, 0.4) is 0 Å². The molecule has 11 heteroatoms. The highest BCUT2D eigenvalue weighted by molar-refractivity contribution is 7.89. The molecule has 1 aromatic carbocycles. The number of hydrogen-bond acceptors (Lipinski definition) is 5. The molecule has 0 saturated heterocycles. The zero-order valence-corrected chi connectivity index (χ0v) is 14.1. The topological polar surface area (TPSA) is 118 Å². The number of nitrogens with two attached hydrogens (primary N) is 1. The Morgan fingerprint density at radius 3 is 2.24 bits per heavy atom. The highest BCUT2D eigenvalue weighted by atomic mass is 35.5. The third kappa shape index (κ3) is 4.70. The molecule has 0 amide bonds. The van der Waals surface area contributed by atoms with Crippen molar-refractivity contribution in [2.45, 2.75) is 11.8 Å². The molecule has 0 radical (unpaired) electrons. The zero-order valence-electron chi connectivity index (χ0n) is 11.0. The second-order valence-electron chi connectivity index (χ2n) is 4.09. The van der Waals surface area contributed by atoms with Crippen LogP contribution in [0.1, 0.15) is 6.92 Å². The number of hydrogen-bond donors (Lipinski definition) is 2. The maximum Gasteiger partial charge on any atom is 0.266 e. The second kappa shape index (κ2) is 6.67. The monoisotopic (exact) mass is 376 g/mol. The van der Waals surface area contributed by atoms with Gasteiger partial charge in [-0.25, -0.2) is 8.42 Å². The Hall–Kier alpha value is -0.580. The van der Waals surface area contributed by atoms with Gasteiger partial charge in [0.2, 0.25) is 10.0 Å². The van der Waals surface area contributed by atoms with E-state index in [2.05, 4.69) is 0 Å². The number of halogens is 2. The van der Waals surface area contributed by atoms with E-state index in [4.69, 9.17) is 33.5 Å². The highest BCUT2D eigenvalue weighted by Gasteiger charge is 2.27. The quantitative estimate of drug-likeness (QED) is 0.573. The number of rotatable bonds is 6. The van der Waals surface area contributed by atoms with Crippen molar-refractivity contribution in [2.24, 2.45) is 0 Å². The molecule has 21 heavy (non-hydrogen) atoms. The third-order valence-electron chi connectivity index (χ3n) is 2.62. The Balaban J connectivity index is 3.22. The predicted octanol–water partition coefficient (Wildman–Crippen LogP) is 1.47. The number of sulfonamides is 1. The summed E-state index contributed by atoms with van der Waals surface area (Å²) in [6, 6.07) is 2.30. The molecular weight excluding hydrogens is 363 g/mol. The van der Waals surface area contributed by atoms with Gasteiger partial charge in [-0.1, -0.05) is 30.1 Å². The van der Waals surface area contributed by atoms with Crippen molar-refractivity contribution < 1.29 is 21.4 Å². The average Bonchev–Trinajstić information content (AvgIpc) is 2.32. The zero-order chi connectivity index (χ0) is 16.4. The van der Waals surface area contributed by atoms with Gasteiger partial charge in [0.05, 0.1) is 21.5 Å². The van der Waals surface area contributed by atoms with Gasteiger partial charge in [0.15, 0.2) is 0 Å². The van der Waals surface area contributed by atoms with Gasteiger partial charge in [-0.2, -0.15) is 12.7 Å². The lowest BCUT2D eigenvalue weighted by molar-refractivity contribution is 0.432. The van der Waals surface area contributed by atoms with Crippen LogP contribution in [0, 0.1) is 0 Å². The predicted molar refractivity (Wildman–Crippen MR) is 81.7 cm³/mol. The van der Waals surface area contributed by atoms with Crippen molar-refractivity contribution in [1.29, 1.82) is 0 Å². The van der Waals surface area contributed by atoms with Gasteiger partial charge in [0.1, 0.15) is 4.90 Å². The van der Waals surface area contributed by atoms with Crippen molar-refractivity contribution >= 4 is 49.0 Å². The molecule has 1 aromatic rings. The molecule has 0 heterocycles. The molecule has 3 N–H and O–H groups in total. The molecule has 0 fully saturated rings. The summed E-state index contributed by atoms with van der Waals surface area (Å²) in [6.45, 7) is 1.11. The van der Waals surface area contributed by atoms with Gasteiger partial charge >= 0.3 is 0 Å². The lowest BCUT2D eigenvalue weighted by Gasteiger charge is -2.20. The van der Waals surface area contributed by atoms with Crippen LogP contribution in [-0.2, 0) is 20.1 Å². The van der Waals surface area contributed by atoms with Gasteiger partial charge in [0.25, 0.3) is 10.1 Å². The van der Waals surface area contributed by atoms with Gasteiger partial charge in [-0.3, -0.25) is 4.55 Å². The largest absolute Gasteiger partial charge is 0.397 e. The summed E-state index contributed by atoms with van der Waals surface area (Å²) in [5.74, 6) is -0.722. The van der Waals surface area contributed by atoms with Crippen molar-refractivity contribution in [3.8, 4) is 0 Å². The first kappa shape index (κ1) is 18.5. The molecule has 0 aliphatic heterocycles. The first-order valence-corrected chi connectivity index (χ1v) is 9.49. The van der Waals surface area contributed by atoms with Crippen LogP contribution in [0.25, 0.3) is 0 Å². The van der Waals surface area contributed by atoms with Crippen LogP contribution >= 0.6 is 23.2 Å². The van der Waals surface area contributed by atoms with Gasteiger partial charge in [-0.15, -0.1) is 0 Å². The van der Waals surface area contributed by atoms with Crippen LogP contribution in [0.2, 0.25) is 10.0 Å². The number of nitrogen functional groups attached to an aromatic ring is 1. The van der Waals surface area contributed by atoms with Crippen LogP contribution in [0.15, 0.2) is 17.0 Å². The fourth-order valence-corrected chi connectivity index (χ4v) is 4.33. The lowest BCUT2D eigenvalue weighted by atomic mass is 10.3. The first-order chi connectivity index (χ1) is 9.49. The van der Waals surface area contributed by atoms with E-state index in [9.17, 15) is 16.8 Å². The van der Waals surface area contributed by atoms with E-state index in [-0.39, 0.29) is 27.2 Å². The van der Waals surface area contributed by atoms with Crippen molar-refractivity contribution in [1.82, 2.24) is 4.31 Å². The highest BCUT2D eigenvalue weighted by Crippen LogP contribution is 2.31. The Morgan fingerprint density at radius 2 is 1.76 bits per heavy atom. The molecular formula is C10H14Cl2N2O5S2. The molecule has 0 aliphatic rings. The summed E-state index contributed by atoms with van der Waals surface area (Å²) in [6.07, 6.45) is 0. The molecule has 0 aliphatic carbocycles. The van der Waals surface area contributed by atoms with E-state index >= 15 is 0 Å². The number of nitrogens with zero attached hydrogens (tertiary/aromatic N) is 1. The minimum atomic E-state index is -4.28. The fraction of sp³-hybridized carbons (Fsp3) is 0.400. The van der Waals surface area contributed by atoms with E-state index in [1.54, 1.807) is 0 Å². The average molecular weight is 377 g/mol. The summed E-state index contributed by atoms with van der Waals surface area (Å²) in [4.78, 5) is -0.277. The Kier molecular flexibility index (Phi) is 5.87. The minimum absolute atomic E-state index is 0.00379. The van der Waals surface area contributed by atoms with Gasteiger partial charge in [0, 0.05) is 13.1 Å². The van der Waals surface area contributed by atoms with E-state index in [1.165, 1.54) is 13.0 Å². The molecule has 120 valence electrons. The second-order valence-corrected chi connectivity index (χ2v) is 8.38. The number of benzene rings is 1. The Bertz CT molecular complexity index is 734. The van der Waals surface area contributed by atoms with Crippen LogP contribution in [0.5, 0.6) is 0 Å². The minimum Gasteiger partial charge on any atom is -0.397 e. The van der Waals surface area contributed by atoms with Crippen molar-refractivity contribution in [3.63, 3.8) is 0 Å². The fourth-order valence-electron chi connectivity index (χ4n) is 1.55. The van der Waals surface area contributed by atoms with Crippen molar-refractivity contribution in [2.75, 3.05) is 24.6 Å². The molecule has 0 unspecified atom stereocenters. The molecule has 7 nitrogen and oxygen atoms in total. The number of anilines is 1. The maximum atomic E-state index is 12.4. The normalized spacial score (nSPS) is 12.8. The molecule has 0 atom stereocenters. The van der Waals surface area contributed by atoms with E-state index in [0.717, 1.165) is 10.4 Å². The summed E-state index contributed by atoms with van der Waals surface area (Å²) in [7, 11) is -8.34. The summed E-state index contributed by atoms with van der Waals surface area (Å²) in [5.41, 5.74) is 5.65. The Morgan fingerprint density at radius 1 is 1.19 bits per heavy atom. The maximum absolute atomic E-state index is 12.4. The lowest BCUT2D eigenvalue weighted by Crippen LogP contribution is -2.35. The standard InChI is InChI=1S/C10H14Cl2N2O5S2/c1-2-14(3-4-20(15,16)17)21(18,19)10-6-7(11)9(13)5-8(10)12/h5-6H,2-4,13H2,1H3,(H,15,16,17). The van der Waals surface area contributed by atoms with Crippen LogP contribution < -0.4 is 5.73 Å². The van der Waals surface area contributed by atoms with E-state index in [0.29, 0.717) is 0 Å². The van der Waals surface area contributed by atoms with Crippen LogP contribution in [-0.4, -0.2) is 44.5 Å². The van der Waals surface area contributed by atoms with E-state index < -0.39 is 32.4 Å². The SMILES string of the molecule is CCN(CCS(=O)(=O)O)S(=O)(=O)c1cc(Cl)c(N)cc1Cl. The molecule has 0 spiro atoms. The van der Waals surface area contributed by atoms with E-state index in [1.807, 2.05) is 0 Å². The molecule has 0 aromatic heterocycles. The first-order valence-electron chi connectivity index (χ1n) is 5.69.